The van der Waals surface area contributed by atoms with Gasteiger partial charge in [-0.1, -0.05) is 44.2 Å². The first kappa shape index (κ1) is 13.3. The number of carbonyl (C=O) groups excluding carboxylic acids is 1. The molecule has 0 fully saturated rings. The molecule has 5 nitrogen and oxygen atoms in total. The lowest BCUT2D eigenvalue weighted by molar-refractivity contribution is 0.0915. The van der Waals surface area contributed by atoms with E-state index in [9.17, 15) is 4.79 Å². The van der Waals surface area contributed by atoms with Crippen molar-refractivity contribution in [2.24, 2.45) is 5.92 Å². The van der Waals surface area contributed by atoms with E-state index in [1.165, 1.54) is 0 Å². The molecule has 5 heteroatoms. The van der Waals surface area contributed by atoms with Crippen molar-refractivity contribution in [1.82, 2.24) is 20.5 Å². The molecule has 100 valence electrons. The summed E-state index contributed by atoms with van der Waals surface area (Å²) < 4.78 is 0. The number of nitrogens with one attached hydrogen (secondary N) is 2. The van der Waals surface area contributed by atoms with Crippen LogP contribution in [0.1, 0.15) is 41.9 Å². The average molecular weight is 258 g/mol. The standard InChI is InChI=1S/C14H18N4O/c1-9(2)12(11-7-5-4-6-8-11)16-14(19)13-15-10(3)17-18-13/h4-9,12H,1-3H3,(H,16,19)(H,15,17,18). The van der Waals surface area contributed by atoms with Gasteiger partial charge in [-0.15, -0.1) is 5.10 Å². The molecule has 1 heterocycles. The zero-order valence-corrected chi connectivity index (χ0v) is 11.3. The largest absolute Gasteiger partial charge is 0.342 e. The number of aromatic nitrogens is 3. The van der Waals surface area contributed by atoms with E-state index in [4.69, 9.17) is 0 Å². The third-order valence-corrected chi connectivity index (χ3v) is 2.91. The lowest BCUT2D eigenvalue weighted by atomic mass is 9.96. The zero-order chi connectivity index (χ0) is 13.8. The van der Waals surface area contributed by atoms with E-state index in [1.54, 1.807) is 6.92 Å². The molecule has 2 aromatic rings. The maximum atomic E-state index is 12.1. The van der Waals surface area contributed by atoms with E-state index < -0.39 is 0 Å². The summed E-state index contributed by atoms with van der Waals surface area (Å²) in [7, 11) is 0. The number of benzene rings is 1. The Labute approximate surface area is 112 Å². The van der Waals surface area contributed by atoms with E-state index >= 15 is 0 Å². The van der Waals surface area contributed by atoms with Crippen molar-refractivity contribution in [3.05, 3.63) is 47.5 Å². The van der Waals surface area contributed by atoms with Gasteiger partial charge in [-0.05, 0) is 18.4 Å². The van der Waals surface area contributed by atoms with Crippen LogP contribution in [0.2, 0.25) is 0 Å². The van der Waals surface area contributed by atoms with Gasteiger partial charge in [0.1, 0.15) is 5.82 Å². The van der Waals surface area contributed by atoms with Crippen molar-refractivity contribution in [3.63, 3.8) is 0 Å². The van der Waals surface area contributed by atoms with Gasteiger partial charge in [-0.3, -0.25) is 9.89 Å². The molecule has 2 N–H and O–H groups in total. The van der Waals surface area contributed by atoms with Crippen LogP contribution in [-0.4, -0.2) is 21.1 Å². The first-order valence-corrected chi connectivity index (χ1v) is 6.32. The van der Waals surface area contributed by atoms with Crippen LogP contribution in [0.4, 0.5) is 0 Å². The van der Waals surface area contributed by atoms with Gasteiger partial charge in [0.2, 0.25) is 5.82 Å². The van der Waals surface area contributed by atoms with Crippen LogP contribution >= 0.6 is 0 Å². The maximum Gasteiger partial charge on any atom is 0.291 e. The Morgan fingerprint density at radius 3 is 2.47 bits per heavy atom. The Bertz CT molecular complexity index is 548. The number of aryl methyl sites for hydroxylation is 1. The zero-order valence-electron chi connectivity index (χ0n) is 11.3. The molecule has 0 saturated heterocycles. The van der Waals surface area contributed by atoms with Gasteiger partial charge in [-0.25, -0.2) is 4.98 Å². The second-order valence-corrected chi connectivity index (χ2v) is 4.85. The van der Waals surface area contributed by atoms with E-state index in [2.05, 4.69) is 34.3 Å². The molecule has 1 aromatic carbocycles. The van der Waals surface area contributed by atoms with Crippen LogP contribution in [0.15, 0.2) is 30.3 Å². The lowest BCUT2D eigenvalue weighted by Crippen LogP contribution is -2.32. The minimum Gasteiger partial charge on any atom is -0.342 e. The van der Waals surface area contributed by atoms with Crippen molar-refractivity contribution in [2.45, 2.75) is 26.8 Å². The van der Waals surface area contributed by atoms with Gasteiger partial charge in [0.05, 0.1) is 6.04 Å². The molecule has 0 spiro atoms. The predicted octanol–water partition coefficient (Wildman–Crippen LogP) is 2.24. The minimum absolute atomic E-state index is 0.0486. The lowest BCUT2D eigenvalue weighted by Gasteiger charge is -2.22. The SMILES string of the molecule is Cc1nc(C(=O)NC(c2ccccc2)C(C)C)n[nH]1. The Balaban J connectivity index is 2.16. The molecule has 0 saturated carbocycles. The molecule has 19 heavy (non-hydrogen) atoms. The number of rotatable bonds is 4. The van der Waals surface area contributed by atoms with E-state index in [1.807, 2.05) is 30.3 Å². The van der Waals surface area contributed by atoms with Crippen LogP contribution in [0.5, 0.6) is 0 Å². The topological polar surface area (TPSA) is 70.7 Å². The number of nitrogens with zero attached hydrogens (tertiary/aromatic N) is 2. The highest BCUT2D eigenvalue weighted by molar-refractivity contribution is 5.90. The summed E-state index contributed by atoms with van der Waals surface area (Å²) >= 11 is 0. The predicted molar refractivity (Wildman–Crippen MR) is 72.6 cm³/mol. The van der Waals surface area contributed by atoms with Crippen molar-refractivity contribution in [1.29, 1.82) is 0 Å². The molecule has 0 bridgehead atoms. The monoisotopic (exact) mass is 258 g/mol. The summed E-state index contributed by atoms with van der Waals surface area (Å²) in [4.78, 5) is 16.1. The molecule has 1 amide bonds. The smallest absolute Gasteiger partial charge is 0.291 e. The Kier molecular flexibility index (Phi) is 3.94. The second kappa shape index (κ2) is 5.65. The number of carbonyl (C=O) groups is 1. The highest BCUT2D eigenvalue weighted by atomic mass is 16.2. The number of H-pyrrole nitrogens is 1. The molecule has 0 aliphatic carbocycles. The number of aromatic amines is 1. The van der Waals surface area contributed by atoms with Crippen molar-refractivity contribution < 1.29 is 4.79 Å². The second-order valence-electron chi connectivity index (χ2n) is 4.85. The molecule has 0 aliphatic rings. The van der Waals surface area contributed by atoms with Crippen LogP contribution in [0.25, 0.3) is 0 Å². The van der Waals surface area contributed by atoms with Crippen molar-refractivity contribution in [3.8, 4) is 0 Å². The van der Waals surface area contributed by atoms with Gasteiger partial charge < -0.3 is 5.32 Å². The van der Waals surface area contributed by atoms with Gasteiger partial charge >= 0.3 is 0 Å². The Hall–Kier alpha value is -2.17. The van der Waals surface area contributed by atoms with Crippen LogP contribution < -0.4 is 5.32 Å². The summed E-state index contributed by atoms with van der Waals surface area (Å²) in [6, 6.07) is 9.86. The fourth-order valence-electron chi connectivity index (χ4n) is 1.95. The molecule has 0 aliphatic heterocycles. The quantitative estimate of drug-likeness (QED) is 0.883. The number of hydrogen-bond acceptors (Lipinski definition) is 3. The number of amides is 1. The third kappa shape index (κ3) is 3.19. The fraction of sp³-hybridized carbons (Fsp3) is 0.357. The summed E-state index contributed by atoms with van der Waals surface area (Å²) in [5, 5.41) is 9.52. The molecule has 0 radical (unpaired) electrons. The van der Waals surface area contributed by atoms with E-state index in [-0.39, 0.29) is 23.7 Å². The molecular formula is C14H18N4O. The average Bonchev–Trinajstić information content (AvgIpc) is 2.83. The number of hydrogen-bond donors (Lipinski definition) is 2. The minimum atomic E-state index is -0.257. The highest BCUT2D eigenvalue weighted by Crippen LogP contribution is 2.21. The van der Waals surface area contributed by atoms with Gasteiger partial charge in [0.25, 0.3) is 5.91 Å². The molecule has 1 atom stereocenters. The maximum absolute atomic E-state index is 12.1. The molecule has 1 unspecified atom stereocenters. The summed E-state index contributed by atoms with van der Waals surface area (Å²) in [6.07, 6.45) is 0. The summed E-state index contributed by atoms with van der Waals surface area (Å²) in [5.41, 5.74) is 1.08. The van der Waals surface area contributed by atoms with Crippen LogP contribution in [0, 0.1) is 12.8 Å². The highest BCUT2D eigenvalue weighted by Gasteiger charge is 2.20. The van der Waals surface area contributed by atoms with Crippen molar-refractivity contribution in [2.75, 3.05) is 0 Å². The Morgan fingerprint density at radius 1 is 1.26 bits per heavy atom. The molecule has 1 aromatic heterocycles. The van der Waals surface area contributed by atoms with Crippen LogP contribution in [0.3, 0.4) is 0 Å². The Morgan fingerprint density at radius 2 is 1.95 bits per heavy atom. The summed E-state index contributed by atoms with van der Waals surface area (Å²) in [5.74, 6) is 0.836. The van der Waals surface area contributed by atoms with Gasteiger partial charge in [0, 0.05) is 0 Å². The van der Waals surface area contributed by atoms with E-state index in [0.29, 0.717) is 5.82 Å². The first-order valence-electron chi connectivity index (χ1n) is 6.32. The van der Waals surface area contributed by atoms with Gasteiger partial charge in [-0.2, -0.15) is 0 Å². The normalized spacial score (nSPS) is 12.4. The first-order chi connectivity index (χ1) is 9.08. The van der Waals surface area contributed by atoms with E-state index in [0.717, 1.165) is 5.56 Å². The van der Waals surface area contributed by atoms with Gasteiger partial charge in [0.15, 0.2) is 0 Å². The molecule has 2 rings (SSSR count). The van der Waals surface area contributed by atoms with Crippen molar-refractivity contribution >= 4 is 5.91 Å². The third-order valence-electron chi connectivity index (χ3n) is 2.91. The summed E-state index contributed by atoms with van der Waals surface area (Å²) in [6.45, 7) is 5.91. The fourth-order valence-corrected chi connectivity index (χ4v) is 1.95. The van der Waals surface area contributed by atoms with Crippen LogP contribution in [-0.2, 0) is 0 Å². The molecular weight excluding hydrogens is 240 g/mol.